The second kappa shape index (κ2) is 11.9. The first kappa shape index (κ1) is 26.2. The first-order valence-corrected chi connectivity index (χ1v) is 12.1. The van der Waals surface area contributed by atoms with E-state index in [0.29, 0.717) is 18.4 Å². The number of ether oxygens (including phenoxy) is 1. The number of halogens is 5. The highest BCUT2D eigenvalue weighted by molar-refractivity contribution is 5.53. The SMILES string of the molecule is CCCC(C)C1CCC(c2ccc(CCOc3cc(F)c(/C=C/C(F)(F)F)c(F)c3)cc2)CC1. The lowest BCUT2D eigenvalue weighted by Gasteiger charge is -2.32. The van der Waals surface area contributed by atoms with Crippen LogP contribution in [-0.4, -0.2) is 12.8 Å². The van der Waals surface area contributed by atoms with E-state index in [4.69, 9.17) is 4.74 Å². The monoisotopic (exact) mass is 480 g/mol. The molecule has 6 heteroatoms. The van der Waals surface area contributed by atoms with Gasteiger partial charge in [0.05, 0.1) is 6.61 Å². The summed E-state index contributed by atoms with van der Waals surface area (Å²) < 4.78 is 70.3. The highest BCUT2D eigenvalue weighted by atomic mass is 19.4. The lowest BCUT2D eigenvalue weighted by Crippen LogP contribution is -2.19. The first-order valence-electron chi connectivity index (χ1n) is 12.1. The molecular weight excluding hydrogens is 447 g/mol. The van der Waals surface area contributed by atoms with Crippen LogP contribution >= 0.6 is 0 Å². The highest BCUT2D eigenvalue weighted by Gasteiger charge is 2.25. The Labute approximate surface area is 199 Å². The summed E-state index contributed by atoms with van der Waals surface area (Å²) in [6.45, 7) is 4.84. The van der Waals surface area contributed by atoms with E-state index >= 15 is 0 Å². The zero-order valence-electron chi connectivity index (χ0n) is 19.8. The minimum atomic E-state index is -4.64. The first-order chi connectivity index (χ1) is 16.2. The highest BCUT2D eigenvalue weighted by Crippen LogP contribution is 2.39. The van der Waals surface area contributed by atoms with Crippen LogP contribution in [0.25, 0.3) is 6.08 Å². The van der Waals surface area contributed by atoms with Gasteiger partial charge in [0.1, 0.15) is 17.4 Å². The number of hydrogen-bond acceptors (Lipinski definition) is 1. The van der Waals surface area contributed by atoms with Crippen LogP contribution in [0.1, 0.15) is 75.0 Å². The van der Waals surface area contributed by atoms with E-state index < -0.39 is 23.4 Å². The predicted molar refractivity (Wildman–Crippen MR) is 126 cm³/mol. The summed E-state index contributed by atoms with van der Waals surface area (Å²) in [6, 6.07) is 10.3. The topological polar surface area (TPSA) is 9.23 Å². The van der Waals surface area contributed by atoms with E-state index in [1.165, 1.54) is 44.1 Å². The fourth-order valence-corrected chi connectivity index (χ4v) is 4.94. The van der Waals surface area contributed by atoms with Crippen LogP contribution in [0.2, 0.25) is 0 Å². The molecule has 0 heterocycles. The molecular formula is C28H33F5O. The van der Waals surface area contributed by atoms with Crippen molar-refractivity contribution in [2.75, 3.05) is 6.61 Å². The van der Waals surface area contributed by atoms with Crippen molar-refractivity contribution >= 4 is 6.08 Å². The maximum absolute atomic E-state index is 14.0. The van der Waals surface area contributed by atoms with Crippen molar-refractivity contribution in [3.63, 3.8) is 0 Å². The molecule has 1 saturated carbocycles. The van der Waals surface area contributed by atoms with Crippen molar-refractivity contribution in [1.82, 2.24) is 0 Å². The van der Waals surface area contributed by atoms with Crippen LogP contribution in [0.5, 0.6) is 5.75 Å². The van der Waals surface area contributed by atoms with Gasteiger partial charge in [-0.15, -0.1) is 0 Å². The van der Waals surface area contributed by atoms with E-state index in [9.17, 15) is 22.0 Å². The van der Waals surface area contributed by atoms with Gasteiger partial charge in [-0.05, 0) is 60.6 Å². The molecule has 0 spiro atoms. The van der Waals surface area contributed by atoms with Gasteiger partial charge in [0.25, 0.3) is 0 Å². The number of rotatable bonds is 9. The normalized spacial score (nSPS) is 20.0. The van der Waals surface area contributed by atoms with Crippen LogP contribution in [0.15, 0.2) is 42.5 Å². The summed E-state index contributed by atoms with van der Waals surface area (Å²) in [6.07, 6.45) is 3.70. The minimum absolute atomic E-state index is 0.0511. The lowest BCUT2D eigenvalue weighted by atomic mass is 9.73. The zero-order valence-corrected chi connectivity index (χ0v) is 19.8. The third-order valence-corrected chi connectivity index (χ3v) is 6.92. The Balaban J connectivity index is 1.49. The number of allylic oxidation sites excluding steroid dienone is 1. The Morgan fingerprint density at radius 3 is 2.18 bits per heavy atom. The Kier molecular flexibility index (Phi) is 9.15. The van der Waals surface area contributed by atoms with Gasteiger partial charge in [0.2, 0.25) is 0 Å². The van der Waals surface area contributed by atoms with Gasteiger partial charge in [-0.25, -0.2) is 8.78 Å². The molecule has 0 saturated heterocycles. The van der Waals surface area contributed by atoms with E-state index in [1.807, 2.05) is 0 Å². The molecule has 0 amide bonds. The molecule has 2 aromatic carbocycles. The third-order valence-electron chi connectivity index (χ3n) is 6.92. The van der Waals surface area contributed by atoms with Gasteiger partial charge in [-0.3, -0.25) is 0 Å². The fraction of sp³-hybridized carbons (Fsp3) is 0.500. The largest absolute Gasteiger partial charge is 0.493 e. The van der Waals surface area contributed by atoms with Crippen molar-refractivity contribution in [3.8, 4) is 5.75 Å². The molecule has 0 aromatic heterocycles. The van der Waals surface area contributed by atoms with E-state index in [-0.39, 0.29) is 18.4 Å². The van der Waals surface area contributed by atoms with Gasteiger partial charge >= 0.3 is 6.18 Å². The van der Waals surface area contributed by atoms with Gasteiger partial charge in [-0.1, -0.05) is 51.0 Å². The van der Waals surface area contributed by atoms with Crippen LogP contribution in [0.3, 0.4) is 0 Å². The second-order valence-corrected chi connectivity index (χ2v) is 9.39. The van der Waals surface area contributed by atoms with Crippen molar-refractivity contribution in [2.24, 2.45) is 11.8 Å². The minimum Gasteiger partial charge on any atom is -0.493 e. The number of hydrogen-bond donors (Lipinski definition) is 0. The molecule has 1 unspecified atom stereocenters. The van der Waals surface area contributed by atoms with Crippen LogP contribution < -0.4 is 4.74 Å². The number of alkyl halides is 3. The average molecular weight is 481 g/mol. The molecule has 1 fully saturated rings. The maximum Gasteiger partial charge on any atom is 0.409 e. The molecule has 3 rings (SSSR count). The zero-order chi connectivity index (χ0) is 24.7. The molecule has 0 radical (unpaired) electrons. The molecule has 1 aliphatic carbocycles. The van der Waals surface area contributed by atoms with Gasteiger partial charge < -0.3 is 4.74 Å². The molecule has 1 nitrogen and oxygen atoms in total. The van der Waals surface area contributed by atoms with Crippen molar-refractivity contribution in [3.05, 3.63) is 70.8 Å². The summed E-state index contributed by atoms with van der Waals surface area (Å²) in [4.78, 5) is 0. The molecule has 0 N–H and O–H groups in total. The molecule has 1 aliphatic rings. The fourth-order valence-electron chi connectivity index (χ4n) is 4.94. The Bertz CT molecular complexity index is 917. The maximum atomic E-state index is 14.0. The van der Waals surface area contributed by atoms with Crippen LogP contribution in [0.4, 0.5) is 22.0 Å². The van der Waals surface area contributed by atoms with Gasteiger partial charge in [0.15, 0.2) is 0 Å². The van der Waals surface area contributed by atoms with E-state index in [0.717, 1.165) is 29.5 Å². The van der Waals surface area contributed by atoms with Gasteiger partial charge in [-0.2, -0.15) is 13.2 Å². The Morgan fingerprint density at radius 2 is 1.62 bits per heavy atom. The number of benzene rings is 2. The van der Waals surface area contributed by atoms with E-state index in [1.54, 1.807) is 0 Å². The van der Waals surface area contributed by atoms with Crippen molar-refractivity contribution < 1.29 is 26.7 Å². The smallest absolute Gasteiger partial charge is 0.409 e. The molecule has 1 atom stereocenters. The average Bonchev–Trinajstić information content (AvgIpc) is 2.78. The molecule has 186 valence electrons. The summed E-state index contributed by atoms with van der Waals surface area (Å²) in [5.41, 5.74) is 1.67. The second-order valence-electron chi connectivity index (χ2n) is 9.39. The van der Waals surface area contributed by atoms with Crippen molar-refractivity contribution in [2.45, 2.75) is 70.9 Å². The molecule has 0 bridgehead atoms. The predicted octanol–water partition coefficient (Wildman–Crippen LogP) is 8.87. The van der Waals surface area contributed by atoms with E-state index in [2.05, 4.69) is 38.1 Å². The molecule has 2 aromatic rings. The lowest BCUT2D eigenvalue weighted by molar-refractivity contribution is -0.0790. The summed E-state index contributed by atoms with van der Waals surface area (Å²) in [5.74, 6) is 0.00764. The third kappa shape index (κ3) is 7.57. The van der Waals surface area contributed by atoms with Crippen molar-refractivity contribution in [1.29, 1.82) is 0 Å². The molecule has 34 heavy (non-hydrogen) atoms. The molecule has 0 aliphatic heterocycles. The van der Waals surface area contributed by atoms with Crippen LogP contribution in [0, 0.1) is 23.5 Å². The standard InChI is InChI=1S/C28H33F5O/c1-3-4-19(2)21-9-11-23(12-10-21)22-7-5-20(6-8-22)14-16-34-24-17-26(29)25(27(30)18-24)13-15-28(31,32)33/h5-8,13,15,17-19,21,23H,3-4,9-12,14,16H2,1-2H3/b15-13+. The Hall–Kier alpha value is -2.37. The van der Waals surface area contributed by atoms with Crippen LogP contribution in [-0.2, 0) is 6.42 Å². The van der Waals surface area contributed by atoms with Gasteiger partial charge in [0, 0.05) is 30.2 Å². The summed E-state index contributed by atoms with van der Waals surface area (Å²) >= 11 is 0. The summed E-state index contributed by atoms with van der Waals surface area (Å²) in [5, 5.41) is 0. The quantitative estimate of drug-likeness (QED) is 0.326. The summed E-state index contributed by atoms with van der Waals surface area (Å²) in [7, 11) is 0. The Morgan fingerprint density at radius 1 is 1.00 bits per heavy atom.